The predicted octanol–water partition coefficient (Wildman–Crippen LogP) is 1.04. The van der Waals surface area contributed by atoms with Gasteiger partial charge in [0.25, 0.3) is 18.1 Å². The van der Waals surface area contributed by atoms with Crippen LogP contribution >= 0.6 is 0 Å². The molecule has 2 aliphatic carbocycles. The van der Waals surface area contributed by atoms with Gasteiger partial charge >= 0.3 is 0 Å². The number of amides is 2. The molecule has 0 spiro atoms. The lowest BCUT2D eigenvalue weighted by Gasteiger charge is -2.14. The number of carbonyl (C=O) groups is 2. The fraction of sp³-hybridized carbons (Fsp3) is 0.364. The number of hydrogen-bond donors (Lipinski definition) is 4. The van der Waals surface area contributed by atoms with Gasteiger partial charge < -0.3 is 21.7 Å². The first-order chi connectivity index (χ1) is 15.6. The number of anilines is 2. The molecule has 0 unspecified atom stereocenters. The molecular formula is C22H27N8O2+. The average Bonchev–Trinajstić information content (AvgIpc) is 3.73. The summed E-state index contributed by atoms with van der Waals surface area (Å²) in [6.45, 7) is 0.524. The SMILES string of the molecule is CNC(=O)C(=NCC1CC1)C(=CN)NC(=O)c1nc(C2CC2)ccc1Nc1cnc[nH+]c1. The van der Waals surface area contributed by atoms with E-state index in [0.29, 0.717) is 29.8 Å². The summed E-state index contributed by atoms with van der Waals surface area (Å²) < 4.78 is 0. The van der Waals surface area contributed by atoms with Crippen molar-refractivity contribution >= 4 is 28.9 Å². The fourth-order valence-corrected chi connectivity index (χ4v) is 3.18. The van der Waals surface area contributed by atoms with Gasteiger partial charge in [-0.1, -0.05) is 4.98 Å². The maximum atomic E-state index is 13.3. The molecule has 0 saturated heterocycles. The van der Waals surface area contributed by atoms with Crippen molar-refractivity contribution in [3.63, 3.8) is 0 Å². The summed E-state index contributed by atoms with van der Waals surface area (Å²) in [6.07, 6.45) is 10.4. The number of carbonyl (C=O) groups excluding carboxylic acids is 2. The summed E-state index contributed by atoms with van der Waals surface area (Å²) in [7, 11) is 1.51. The van der Waals surface area contributed by atoms with Gasteiger partial charge in [0.05, 0.1) is 11.4 Å². The van der Waals surface area contributed by atoms with E-state index in [1.807, 2.05) is 12.1 Å². The fourth-order valence-electron chi connectivity index (χ4n) is 3.18. The zero-order valence-electron chi connectivity index (χ0n) is 17.9. The Morgan fingerprint density at radius 3 is 2.72 bits per heavy atom. The summed E-state index contributed by atoms with van der Waals surface area (Å²) in [5.41, 5.74) is 8.29. The molecule has 0 bridgehead atoms. The van der Waals surface area contributed by atoms with Gasteiger partial charge in [-0.15, -0.1) is 0 Å². The molecule has 0 aliphatic heterocycles. The van der Waals surface area contributed by atoms with Gasteiger partial charge in [0.15, 0.2) is 11.9 Å². The highest BCUT2D eigenvalue weighted by Crippen LogP contribution is 2.39. The molecule has 6 N–H and O–H groups in total. The van der Waals surface area contributed by atoms with Crippen molar-refractivity contribution in [2.75, 3.05) is 18.9 Å². The zero-order valence-corrected chi connectivity index (χ0v) is 17.9. The van der Waals surface area contributed by atoms with Crippen LogP contribution in [-0.2, 0) is 4.79 Å². The molecule has 32 heavy (non-hydrogen) atoms. The number of aromatic amines is 1. The molecule has 2 aliphatic rings. The highest BCUT2D eigenvalue weighted by Gasteiger charge is 2.28. The van der Waals surface area contributed by atoms with E-state index in [1.54, 1.807) is 18.7 Å². The van der Waals surface area contributed by atoms with E-state index in [4.69, 9.17) is 5.73 Å². The van der Waals surface area contributed by atoms with E-state index in [1.165, 1.54) is 13.2 Å². The van der Waals surface area contributed by atoms with Gasteiger partial charge in [0, 0.05) is 31.4 Å². The topological polar surface area (TPSA) is 149 Å². The molecule has 2 saturated carbocycles. The van der Waals surface area contributed by atoms with Crippen LogP contribution in [0.3, 0.4) is 0 Å². The monoisotopic (exact) mass is 435 g/mol. The summed E-state index contributed by atoms with van der Waals surface area (Å²) in [6, 6.07) is 3.75. The van der Waals surface area contributed by atoms with Crippen molar-refractivity contribution < 1.29 is 14.6 Å². The van der Waals surface area contributed by atoms with Crippen molar-refractivity contribution in [3.8, 4) is 0 Å². The summed E-state index contributed by atoms with van der Waals surface area (Å²) in [5, 5.41) is 8.46. The number of H-pyrrole nitrogens is 1. The first-order valence-corrected chi connectivity index (χ1v) is 10.7. The molecule has 2 aromatic heterocycles. The van der Waals surface area contributed by atoms with Crippen LogP contribution in [0.2, 0.25) is 0 Å². The predicted molar refractivity (Wildman–Crippen MR) is 119 cm³/mol. The smallest absolute Gasteiger partial charge is 0.284 e. The van der Waals surface area contributed by atoms with E-state index in [0.717, 1.165) is 31.4 Å². The Morgan fingerprint density at radius 2 is 2.09 bits per heavy atom. The van der Waals surface area contributed by atoms with Crippen molar-refractivity contribution in [1.82, 2.24) is 20.6 Å². The van der Waals surface area contributed by atoms with Crippen LogP contribution in [0.1, 0.15) is 47.8 Å². The van der Waals surface area contributed by atoms with Crippen LogP contribution in [0.25, 0.3) is 0 Å². The summed E-state index contributed by atoms with van der Waals surface area (Å²) in [5.74, 6) is -0.0454. The lowest BCUT2D eigenvalue weighted by molar-refractivity contribution is -0.381. The van der Waals surface area contributed by atoms with Crippen molar-refractivity contribution in [2.45, 2.75) is 31.6 Å². The van der Waals surface area contributed by atoms with Gasteiger partial charge in [-0.2, -0.15) is 0 Å². The van der Waals surface area contributed by atoms with E-state index in [9.17, 15) is 9.59 Å². The van der Waals surface area contributed by atoms with Crippen LogP contribution in [0.4, 0.5) is 11.4 Å². The lowest BCUT2D eigenvalue weighted by Crippen LogP contribution is -2.37. The van der Waals surface area contributed by atoms with Crippen LogP contribution in [0.5, 0.6) is 0 Å². The third kappa shape index (κ3) is 5.26. The maximum Gasteiger partial charge on any atom is 0.284 e. The molecule has 0 aromatic carbocycles. The Bertz CT molecular complexity index is 1060. The highest BCUT2D eigenvalue weighted by atomic mass is 16.2. The second kappa shape index (κ2) is 9.54. The molecule has 166 valence electrons. The second-order valence-corrected chi connectivity index (χ2v) is 7.95. The van der Waals surface area contributed by atoms with Crippen molar-refractivity contribution in [2.24, 2.45) is 16.6 Å². The van der Waals surface area contributed by atoms with Crippen molar-refractivity contribution in [1.29, 1.82) is 0 Å². The number of aliphatic imine (C=N–C) groups is 1. The highest BCUT2D eigenvalue weighted by molar-refractivity contribution is 6.45. The molecule has 2 fully saturated rings. The molecular weight excluding hydrogens is 408 g/mol. The van der Waals surface area contributed by atoms with E-state index in [-0.39, 0.29) is 17.1 Å². The molecule has 2 heterocycles. The Morgan fingerprint density at radius 1 is 1.28 bits per heavy atom. The van der Waals surface area contributed by atoms with E-state index >= 15 is 0 Å². The number of nitrogens with zero attached hydrogens (tertiary/aromatic N) is 3. The number of hydrogen-bond acceptors (Lipinski definition) is 7. The average molecular weight is 436 g/mol. The zero-order chi connectivity index (χ0) is 22.5. The van der Waals surface area contributed by atoms with Crippen LogP contribution in [0, 0.1) is 5.92 Å². The molecule has 4 rings (SSSR count). The molecule has 10 nitrogen and oxygen atoms in total. The standard InChI is InChI=1S/C22H26N8O2/c1-24-21(31)19(27-9-13-2-3-13)18(8-23)30-22(32)20-17(28-15-10-25-12-26-11-15)7-6-16(29-20)14-4-5-14/h6-8,10-14,28H,2-5,9,23H2,1H3,(H,24,31)(H,30,32)/p+1. The number of nitrogens with two attached hydrogens (primary N) is 1. The van der Waals surface area contributed by atoms with E-state index < -0.39 is 11.8 Å². The second-order valence-electron chi connectivity index (χ2n) is 7.95. The van der Waals surface area contributed by atoms with Gasteiger partial charge in [-0.3, -0.25) is 14.6 Å². The third-order valence-corrected chi connectivity index (χ3v) is 5.32. The molecule has 0 radical (unpaired) electrons. The first kappa shape index (κ1) is 21.4. The van der Waals surface area contributed by atoms with E-state index in [2.05, 4.69) is 35.9 Å². The minimum atomic E-state index is -0.484. The first-order valence-electron chi connectivity index (χ1n) is 10.7. The number of nitrogens with one attached hydrogen (secondary N) is 4. The van der Waals surface area contributed by atoms with Crippen LogP contribution in [0.15, 0.2) is 47.7 Å². The van der Waals surface area contributed by atoms with Crippen LogP contribution < -0.4 is 26.7 Å². The van der Waals surface area contributed by atoms with Gasteiger partial charge in [0.2, 0.25) is 0 Å². The molecule has 10 heteroatoms. The Balaban J connectivity index is 1.60. The summed E-state index contributed by atoms with van der Waals surface area (Å²) in [4.78, 5) is 41.6. The quantitative estimate of drug-likeness (QED) is 0.433. The van der Waals surface area contributed by atoms with Gasteiger partial charge in [-0.05, 0) is 43.7 Å². The maximum absolute atomic E-state index is 13.3. The molecule has 0 atom stereocenters. The Hall–Kier alpha value is -3.82. The lowest BCUT2D eigenvalue weighted by atomic mass is 10.2. The molecule has 2 amide bonds. The minimum Gasteiger partial charge on any atom is -0.403 e. The normalized spacial score (nSPS) is 16.4. The minimum absolute atomic E-state index is 0.102. The van der Waals surface area contributed by atoms with Gasteiger partial charge in [0.1, 0.15) is 17.6 Å². The Kier molecular flexibility index (Phi) is 6.39. The van der Waals surface area contributed by atoms with Gasteiger partial charge in [-0.25, -0.2) is 9.97 Å². The molecule has 2 aromatic rings. The number of pyridine rings is 1. The largest absolute Gasteiger partial charge is 0.403 e. The Labute approximate surface area is 185 Å². The summed E-state index contributed by atoms with van der Waals surface area (Å²) >= 11 is 0. The van der Waals surface area contributed by atoms with Crippen LogP contribution in [-0.4, -0.2) is 41.1 Å². The third-order valence-electron chi connectivity index (χ3n) is 5.32. The number of aromatic nitrogens is 3. The van der Waals surface area contributed by atoms with Crippen molar-refractivity contribution in [3.05, 3.63) is 54.1 Å². The number of rotatable bonds is 9.